The minimum Gasteiger partial charge on any atom is -0.480 e. The highest BCUT2D eigenvalue weighted by atomic mass is 35.5. The lowest BCUT2D eigenvalue weighted by molar-refractivity contribution is -0.141. The van der Waals surface area contributed by atoms with Gasteiger partial charge in [-0.05, 0) is 17.7 Å². The van der Waals surface area contributed by atoms with E-state index in [4.69, 9.17) is 20.3 Å². The molecule has 0 aliphatic carbocycles. The molecule has 0 heterocycles. The van der Waals surface area contributed by atoms with Crippen LogP contribution in [-0.2, 0) is 25.6 Å². The highest BCUT2D eigenvalue weighted by Crippen LogP contribution is 2.29. The van der Waals surface area contributed by atoms with Gasteiger partial charge in [0.15, 0.2) is 11.5 Å². The van der Waals surface area contributed by atoms with Gasteiger partial charge in [-0.25, -0.2) is 4.79 Å². The second kappa shape index (κ2) is 10.3. The molecule has 138 valence electrons. The number of hydrogen-bond donors (Lipinski definition) is 3. The number of amides is 1. The Hall–Kier alpha value is -2.65. The molecular formula is C15H19ClN2O7. The minimum atomic E-state index is -1.24. The lowest BCUT2D eigenvalue weighted by atomic mass is 10.1. The summed E-state index contributed by atoms with van der Waals surface area (Å²) in [5, 5.41) is 11.4. The minimum absolute atomic E-state index is 0. The van der Waals surface area contributed by atoms with Crippen molar-refractivity contribution in [2.24, 2.45) is 5.73 Å². The van der Waals surface area contributed by atoms with Crippen LogP contribution in [0.5, 0.6) is 11.5 Å². The normalized spacial score (nSPS) is 10.8. The van der Waals surface area contributed by atoms with E-state index in [1.807, 2.05) is 0 Å². The van der Waals surface area contributed by atoms with Crippen LogP contribution >= 0.6 is 12.4 Å². The predicted molar refractivity (Wildman–Crippen MR) is 88.6 cm³/mol. The van der Waals surface area contributed by atoms with E-state index in [9.17, 15) is 19.2 Å². The van der Waals surface area contributed by atoms with Crippen LogP contribution in [0.15, 0.2) is 18.2 Å². The van der Waals surface area contributed by atoms with Crippen LogP contribution in [0.4, 0.5) is 0 Å². The van der Waals surface area contributed by atoms with Crippen LogP contribution in [0, 0.1) is 0 Å². The molecule has 4 N–H and O–H groups in total. The molecule has 0 saturated heterocycles. The monoisotopic (exact) mass is 374 g/mol. The number of nitrogens with two attached hydrogens (primary N) is 1. The quantitative estimate of drug-likeness (QED) is 0.447. The molecule has 1 aromatic rings. The molecule has 1 atom stereocenters. The van der Waals surface area contributed by atoms with Crippen LogP contribution in [0.25, 0.3) is 0 Å². The Morgan fingerprint density at radius 3 is 2.16 bits per heavy atom. The fourth-order valence-electron chi connectivity index (χ4n) is 1.84. The van der Waals surface area contributed by atoms with Crippen molar-refractivity contribution in [2.75, 3.05) is 6.54 Å². The van der Waals surface area contributed by atoms with Gasteiger partial charge in [-0.2, -0.15) is 0 Å². The van der Waals surface area contributed by atoms with Gasteiger partial charge >= 0.3 is 17.9 Å². The predicted octanol–water partition coefficient (Wildman–Crippen LogP) is 0.0296. The van der Waals surface area contributed by atoms with Gasteiger partial charge in [-0.15, -0.1) is 12.4 Å². The number of ether oxygens (including phenoxy) is 2. The van der Waals surface area contributed by atoms with E-state index >= 15 is 0 Å². The molecule has 1 amide bonds. The third-order valence-corrected chi connectivity index (χ3v) is 2.77. The molecular weight excluding hydrogens is 356 g/mol. The molecule has 0 aromatic heterocycles. The van der Waals surface area contributed by atoms with Gasteiger partial charge < -0.3 is 25.6 Å². The molecule has 1 aromatic carbocycles. The molecule has 9 nitrogen and oxygen atoms in total. The maximum absolute atomic E-state index is 11.3. The van der Waals surface area contributed by atoms with Gasteiger partial charge in [-0.1, -0.05) is 6.07 Å². The Kier molecular flexibility index (Phi) is 9.18. The summed E-state index contributed by atoms with van der Waals surface area (Å²) in [4.78, 5) is 44.7. The summed E-state index contributed by atoms with van der Waals surface area (Å²) < 4.78 is 9.88. The number of carbonyl (C=O) groups excluding carboxylic acids is 3. The Balaban J connectivity index is 0.00000576. The summed E-state index contributed by atoms with van der Waals surface area (Å²) in [6.07, 6.45) is -0.0737. The molecule has 0 saturated carbocycles. The Morgan fingerprint density at radius 1 is 1.12 bits per heavy atom. The number of esters is 2. The summed E-state index contributed by atoms with van der Waals surface area (Å²) in [7, 11) is 0. The van der Waals surface area contributed by atoms with Gasteiger partial charge in [0.1, 0.15) is 6.04 Å². The number of aliphatic carboxylic acids is 1. The van der Waals surface area contributed by atoms with E-state index in [2.05, 4.69) is 5.32 Å². The van der Waals surface area contributed by atoms with Gasteiger partial charge in [-0.3, -0.25) is 14.4 Å². The summed E-state index contributed by atoms with van der Waals surface area (Å²) in [6.45, 7) is 2.02. The number of benzene rings is 1. The van der Waals surface area contributed by atoms with Crippen molar-refractivity contribution in [3.05, 3.63) is 23.8 Å². The van der Waals surface area contributed by atoms with Gasteiger partial charge in [0, 0.05) is 20.3 Å². The van der Waals surface area contributed by atoms with E-state index in [1.54, 1.807) is 0 Å². The van der Waals surface area contributed by atoms with Crippen molar-refractivity contribution in [1.29, 1.82) is 0 Å². The first-order chi connectivity index (χ1) is 11.2. The van der Waals surface area contributed by atoms with E-state index < -0.39 is 29.9 Å². The Bertz CT molecular complexity index is 663. The Labute approximate surface area is 149 Å². The second-order valence-corrected chi connectivity index (χ2v) is 4.83. The largest absolute Gasteiger partial charge is 0.480 e. The number of rotatable bonds is 7. The summed E-state index contributed by atoms with van der Waals surface area (Å²) in [5.41, 5.74) is 5.60. The number of carboxylic acid groups (broad SMARTS) is 1. The summed E-state index contributed by atoms with van der Waals surface area (Å²) in [5.74, 6) is -3.08. The third kappa shape index (κ3) is 7.64. The maximum atomic E-state index is 11.3. The van der Waals surface area contributed by atoms with Crippen LogP contribution in [0.2, 0.25) is 0 Å². The molecule has 0 unspecified atom stereocenters. The van der Waals surface area contributed by atoms with Crippen LogP contribution < -0.4 is 20.5 Å². The number of hydrogen-bond acceptors (Lipinski definition) is 7. The molecule has 25 heavy (non-hydrogen) atoms. The van der Waals surface area contributed by atoms with Crippen molar-refractivity contribution in [3.63, 3.8) is 0 Å². The lowest BCUT2D eigenvalue weighted by Crippen LogP contribution is -2.44. The standard InChI is InChI=1S/C15H18N2O7.ClH/c1-8(18)23-12-4-3-10(6-13(12)24-9(2)19)5-11(15(21)22)17-14(20)7-16;/h3-4,6,11H,5,7,16H2,1-2H3,(H,17,20)(H,21,22);1H/t11-;/m0./s1. The average molecular weight is 375 g/mol. The Morgan fingerprint density at radius 2 is 1.68 bits per heavy atom. The summed E-state index contributed by atoms with van der Waals surface area (Å²) >= 11 is 0. The molecule has 0 aliphatic rings. The molecule has 10 heteroatoms. The van der Waals surface area contributed by atoms with Gasteiger partial charge in [0.25, 0.3) is 0 Å². The highest BCUT2D eigenvalue weighted by Gasteiger charge is 2.21. The van der Waals surface area contributed by atoms with Crippen LogP contribution in [-0.4, -0.2) is 41.5 Å². The average Bonchev–Trinajstić information content (AvgIpc) is 2.47. The zero-order valence-electron chi connectivity index (χ0n) is 13.6. The molecule has 0 radical (unpaired) electrons. The summed E-state index contributed by atoms with van der Waals surface area (Å²) in [6, 6.07) is 3.03. The van der Waals surface area contributed by atoms with E-state index in [-0.39, 0.29) is 36.9 Å². The number of carboxylic acids is 1. The van der Waals surface area contributed by atoms with E-state index in [0.717, 1.165) is 0 Å². The van der Waals surface area contributed by atoms with Crippen molar-refractivity contribution in [2.45, 2.75) is 26.3 Å². The van der Waals surface area contributed by atoms with Crippen LogP contribution in [0.3, 0.4) is 0 Å². The molecule has 0 spiro atoms. The molecule has 0 aliphatic heterocycles. The fourth-order valence-corrected chi connectivity index (χ4v) is 1.84. The zero-order valence-corrected chi connectivity index (χ0v) is 14.4. The zero-order chi connectivity index (χ0) is 18.3. The fraction of sp³-hybridized carbons (Fsp3) is 0.333. The van der Waals surface area contributed by atoms with Crippen molar-refractivity contribution in [1.82, 2.24) is 5.32 Å². The van der Waals surface area contributed by atoms with E-state index in [1.165, 1.54) is 32.0 Å². The maximum Gasteiger partial charge on any atom is 0.326 e. The molecule has 0 fully saturated rings. The second-order valence-electron chi connectivity index (χ2n) is 4.83. The van der Waals surface area contributed by atoms with E-state index in [0.29, 0.717) is 5.56 Å². The number of halogens is 1. The molecule has 0 bridgehead atoms. The number of carbonyl (C=O) groups is 4. The lowest BCUT2D eigenvalue weighted by Gasteiger charge is -2.15. The first-order valence-electron chi connectivity index (χ1n) is 6.95. The van der Waals surface area contributed by atoms with Crippen molar-refractivity contribution < 1.29 is 33.8 Å². The van der Waals surface area contributed by atoms with Gasteiger partial charge in [0.05, 0.1) is 6.54 Å². The van der Waals surface area contributed by atoms with Crippen LogP contribution in [0.1, 0.15) is 19.4 Å². The first-order valence-corrected chi connectivity index (χ1v) is 6.95. The van der Waals surface area contributed by atoms with Crippen molar-refractivity contribution in [3.8, 4) is 11.5 Å². The first kappa shape index (κ1) is 22.4. The highest BCUT2D eigenvalue weighted by molar-refractivity contribution is 5.85. The SMILES string of the molecule is CC(=O)Oc1ccc(C[C@H](NC(=O)CN)C(=O)O)cc1OC(C)=O.Cl. The third-order valence-electron chi connectivity index (χ3n) is 2.77. The van der Waals surface area contributed by atoms with Crippen molar-refractivity contribution >= 4 is 36.2 Å². The smallest absolute Gasteiger partial charge is 0.326 e. The number of nitrogens with one attached hydrogen (secondary N) is 1. The van der Waals surface area contributed by atoms with Gasteiger partial charge in [0.2, 0.25) is 5.91 Å². The topological polar surface area (TPSA) is 145 Å². The molecule has 1 rings (SSSR count).